The highest BCUT2D eigenvalue weighted by atomic mass is 16.4. The van der Waals surface area contributed by atoms with Gasteiger partial charge in [-0.15, -0.1) is 0 Å². The van der Waals surface area contributed by atoms with Crippen LogP contribution in [0, 0.1) is 6.92 Å². The summed E-state index contributed by atoms with van der Waals surface area (Å²) in [6.45, 7) is 1.50. The number of aromatic nitrogens is 2. The maximum atomic E-state index is 11.4. The van der Waals surface area contributed by atoms with E-state index in [9.17, 15) is 14.4 Å². The summed E-state index contributed by atoms with van der Waals surface area (Å²) in [7, 11) is 1.30. The van der Waals surface area contributed by atoms with Gasteiger partial charge in [0.25, 0.3) is 5.56 Å². The van der Waals surface area contributed by atoms with Gasteiger partial charge in [0.15, 0.2) is 0 Å². The van der Waals surface area contributed by atoms with E-state index in [0.717, 1.165) is 4.57 Å². The molecule has 0 aromatic carbocycles. The number of aromatic amines is 1. The molecule has 0 aliphatic heterocycles. The normalized spacial score (nSPS) is 10.1. The van der Waals surface area contributed by atoms with E-state index in [-0.39, 0.29) is 12.0 Å². The Balaban J connectivity index is 3.44. The number of carboxylic acids is 1. The predicted octanol–water partition coefficient (Wildman–Crippen LogP) is -0.991. The fourth-order valence-electron chi connectivity index (χ4n) is 1.13. The number of rotatable bonds is 2. The molecule has 1 heterocycles. The van der Waals surface area contributed by atoms with Crippen LogP contribution in [-0.4, -0.2) is 20.6 Å². The summed E-state index contributed by atoms with van der Waals surface area (Å²) in [5.41, 5.74) is -0.685. The highest BCUT2D eigenvalue weighted by Gasteiger charge is 2.11. The second-order valence-electron chi connectivity index (χ2n) is 2.97. The molecule has 1 aromatic rings. The maximum Gasteiger partial charge on any atom is 0.328 e. The van der Waals surface area contributed by atoms with E-state index in [4.69, 9.17) is 5.11 Å². The van der Waals surface area contributed by atoms with Crippen LogP contribution in [0.1, 0.15) is 11.3 Å². The third kappa shape index (κ3) is 1.73. The molecule has 0 saturated heterocycles. The molecule has 0 aliphatic carbocycles. The van der Waals surface area contributed by atoms with Crippen LogP contribution >= 0.6 is 0 Å². The largest absolute Gasteiger partial charge is 0.481 e. The first-order valence-electron chi connectivity index (χ1n) is 3.94. The van der Waals surface area contributed by atoms with Crippen molar-refractivity contribution in [1.29, 1.82) is 0 Å². The minimum atomic E-state index is -1.10. The number of aryl methyl sites for hydroxylation is 1. The van der Waals surface area contributed by atoms with E-state index in [0.29, 0.717) is 5.69 Å². The maximum absolute atomic E-state index is 11.4. The molecule has 6 nitrogen and oxygen atoms in total. The molecular weight excluding hydrogens is 188 g/mol. The smallest absolute Gasteiger partial charge is 0.328 e. The molecule has 0 aliphatic rings. The molecule has 0 radical (unpaired) electrons. The Labute approximate surface area is 78.8 Å². The molecule has 76 valence electrons. The fraction of sp³-hybridized carbons (Fsp3) is 0.375. The van der Waals surface area contributed by atoms with E-state index in [1.54, 1.807) is 0 Å². The summed E-state index contributed by atoms with van der Waals surface area (Å²) < 4.78 is 0.852. The molecule has 0 unspecified atom stereocenters. The standard InChI is InChI=1S/C8H10N2O4/c1-4-5(3-6(11)12)7(13)10(2)8(14)9-4/h3H2,1-2H3,(H,9,14)(H,11,12). The Morgan fingerprint density at radius 3 is 2.57 bits per heavy atom. The van der Waals surface area contributed by atoms with Crippen molar-refractivity contribution in [2.24, 2.45) is 7.05 Å². The number of hydrogen-bond acceptors (Lipinski definition) is 3. The molecule has 2 N–H and O–H groups in total. The first-order chi connectivity index (χ1) is 6.43. The van der Waals surface area contributed by atoms with Crippen molar-refractivity contribution in [2.75, 3.05) is 0 Å². The van der Waals surface area contributed by atoms with Crippen LogP contribution in [0.25, 0.3) is 0 Å². The van der Waals surface area contributed by atoms with Gasteiger partial charge < -0.3 is 10.1 Å². The second-order valence-corrected chi connectivity index (χ2v) is 2.97. The van der Waals surface area contributed by atoms with Gasteiger partial charge in [-0.2, -0.15) is 0 Å². The van der Waals surface area contributed by atoms with Crippen molar-refractivity contribution < 1.29 is 9.90 Å². The first kappa shape index (κ1) is 10.2. The van der Waals surface area contributed by atoms with Gasteiger partial charge in [0.1, 0.15) is 0 Å². The summed E-state index contributed by atoms with van der Waals surface area (Å²) in [5, 5.41) is 8.54. The highest BCUT2D eigenvalue weighted by molar-refractivity contribution is 5.70. The number of hydrogen-bond donors (Lipinski definition) is 2. The molecule has 0 bridgehead atoms. The van der Waals surface area contributed by atoms with Crippen molar-refractivity contribution in [3.63, 3.8) is 0 Å². The lowest BCUT2D eigenvalue weighted by Gasteiger charge is -2.03. The molecule has 6 heteroatoms. The number of carboxylic acid groups (broad SMARTS) is 1. The zero-order valence-electron chi connectivity index (χ0n) is 7.83. The van der Waals surface area contributed by atoms with Gasteiger partial charge in [0, 0.05) is 18.3 Å². The average Bonchev–Trinajstić information content (AvgIpc) is 2.09. The molecular formula is C8H10N2O4. The zero-order valence-corrected chi connectivity index (χ0v) is 7.83. The molecule has 0 atom stereocenters. The van der Waals surface area contributed by atoms with Crippen molar-refractivity contribution in [3.05, 3.63) is 32.1 Å². The Morgan fingerprint density at radius 1 is 1.50 bits per heavy atom. The average molecular weight is 198 g/mol. The Morgan fingerprint density at radius 2 is 2.07 bits per heavy atom. The van der Waals surface area contributed by atoms with Gasteiger partial charge in [-0.1, -0.05) is 0 Å². The topological polar surface area (TPSA) is 92.2 Å². The lowest BCUT2D eigenvalue weighted by molar-refractivity contribution is -0.136. The summed E-state index contributed by atoms with van der Waals surface area (Å²) >= 11 is 0. The zero-order chi connectivity index (χ0) is 10.9. The Bertz CT molecular complexity index is 483. The highest BCUT2D eigenvalue weighted by Crippen LogP contribution is 1.96. The van der Waals surface area contributed by atoms with Crippen LogP contribution in [0.5, 0.6) is 0 Å². The monoisotopic (exact) mass is 198 g/mol. The number of aliphatic carboxylic acids is 1. The van der Waals surface area contributed by atoms with Crippen LogP contribution in [-0.2, 0) is 18.3 Å². The molecule has 14 heavy (non-hydrogen) atoms. The van der Waals surface area contributed by atoms with Gasteiger partial charge in [-0.3, -0.25) is 14.2 Å². The van der Waals surface area contributed by atoms with Gasteiger partial charge in [0.2, 0.25) is 0 Å². The minimum Gasteiger partial charge on any atom is -0.481 e. The van der Waals surface area contributed by atoms with Gasteiger partial charge >= 0.3 is 11.7 Å². The number of carbonyl (C=O) groups is 1. The summed E-state index contributed by atoms with van der Waals surface area (Å²) in [4.78, 5) is 35.3. The van der Waals surface area contributed by atoms with E-state index >= 15 is 0 Å². The fourth-order valence-corrected chi connectivity index (χ4v) is 1.13. The number of nitrogens with zero attached hydrogens (tertiary/aromatic N) is 1. The first-order valence-corrected chi connectivity index (χ1v) is 3.94. The SMILES string of the molecule is Cc1[nH]c(=O)n(C)c(=O)c1CC(=O)O. The predicted molar refractivity (Wildman–Crippen MR) is 48.4 cm³/mol. The third-order valence-corrected chi connectivity index (χ3v) is 1.94. The van der Waals surface area contributed by atoms with Gasteiger partial charge in [0.05, 0.1) is 6.42 Å². The molecule has 1 aromatic heterocycles. The van der Waals surface area contributed by atoms with Crippen LogP contribution in [0.4, 0.5) is 0 Å². The van der Waals surface area contributed by atoms with Crippen LogP contribution in [0.15, 0.2) is 9.59 Å². The summed E-state index contributed by atoms with van der Waals surface area (Å²) in [6.07, 6.45) is -0.380. The van der Waals surface area contributed by atoms with Gasteiger partial charge in [-0.05, 0) is 6.92 Å². The molecule has 1 rings (SSSR count). The molecule has 0 spiro atoms. The van der Waals surface area contributed by atoms with Gasteiger partial charge in [-0.25, -0.2) is 4.79 Å². The van der Waals surface area contributed by atoms with Crippen LogP contribution < -0.4 is 11.2 Å². The van der Waals surface area contributed by atoms with Crippen molar-refractivity contribution >= 4 is 5.97 Å². The Hall–Kier alpha value is -1.85. The van der Waals surface area contributed by atoms with Crippen molar-refractivity contribution in [2.45, 2.75) is 13.3 Å². The second kappa shape index (κ2) is 3.49. The summed E-state index contributed by atoms with van der Waals surface area (Å²) in [5.74, 6) is -1.10. The summed E-state index contributed by atoms with van der Waals surface area (Å²) in [6, 6.07) is 0. The number of H-pyrrole nitrogens is 1. The van der Waals surface area contributed by atoms with E-state index < -0.39 is 17.2 Å². The van der Waals surface area contributed by atoms with Crippen LogP contribution in [0.3, 0.4) is 0 Å². The third-order valence-electron chi connectivity index (χ3n) is 1.94. The van der Waals surface area contributed by atoms with E-state index in [1.165, 1.54) is 14.0 Å². The minimum absolute atomic E-state index is 0.111. The quantitative estimate of drug-likeness (QED) is 0.638. The molecule has 0 fully saturated rings. The Kier molecular flexibility index (Phi) is 2.55. The lowest BCUT2D eigenvalue weighted by atomic mass is 10.2. The van der Waals surface area contributed by atoms with E-state index in [2.05, 4.69) is 4.98 Å². The van der Waals surface area contributed by atoms with Crippen molar-refractivity contribution in [3.8, 4) is 0 Å². The number of nitrogens with one attached hydrogen (secondary N) is 1. The van der Waals surface area contributed by atoms with E-state index in [1.807, 2.05) is 0 Å². The lowest BCUT2D eigenvalue weighted by Crippen LogP contribution is -2.36. The van der Waals surface area contributed by atoms with Crippen LogP contribution in [0.2, 0.25) is 0 Å². The molecule has 0 saturated carbocycles. The molecule has 0 amide bonds. The van der Waals surface area contributed by atoms with Crippen molar-refractivity contribution in [1.82, 2.24) is 9.55 Å².